The Morgan fingerprint density at radius 1 is 1.19 bits per heavy atom. The van der Waals surface area contributed by atoms with E-state index in [0.717, 1.165) is 50.6 Å². The minimum absolute atomic E-state index is 0.430. The van der Waals surface area contributed by atoms with Crippen LogP contribution in [0.1, 0.15) is 32.6 Å². The number of ether oxygens (including phenoxy) is 3. The minimum Gasteiger partial charge on any atom is -0.490 e. The predicted molar refractivity (Wildman–Crippen MR) is 84.2 cm³/mol. The molecule has 1 aliphatic rings. The molecule has 0 saturated carbocycles. The summed E-state index contributed by atoms with van der Waals surface area (Å²) >= 11 is 0. The second kappa shape index (κ2) is 9.64. The van der Waals surface area contributed by atoms with Crippen LogP contribution in [0, 0.1) is 0 Å². The van der Waals surface area contributed by atoms with Crippen LogP contribution in [-0.4, -0.2) is 39.0 Å². The van der Waals surface area contributed by atoms with Gasteiger partial charge in [-0.3, -0.25) is 0 Å². The quantitative estimate of drug-likeness (QED) is 0.673. The maximum absolute atomic E-state index is 5.79. The normalized spacial score (nSPS) is 17.9. The third-order valence-corrected chi connectivity index (χ3v) is 3.55. The summed E-state index contributed by atoms with van der Waals surface area (Å²) in [6.45, 7) is 6.31. The maximum Gasteiger partial charge on any atom is 0.161 e. The summed E-state index contributed by atoms with van der Waals surface area (Å²) in [5, 5.41) is 3.45. The molecule has 21 heavy (non-hydrogen) atoms. The van der Waals surface area contributed by atoms with Gasteiger partial charge in [-0.05, 0) is 51.3 Å². The molecule has 1 N–H and O–H groups in total. The van der Waals surface area contributed by atoms with E-state index in [1.54, 1.807) is 0 Å². The standard InChI is InChI=1S/C17H27NO3/c1-2-19-16-9-3-4-10-17(16)21-12-6-5-11-18-14-15-8-7-13-20-15/h3-4,9-10,15,18H,2,5-8,11-14H2,1H3/t15-/m1/s1. The summed E-state index contributed by atoms with van der Waals surface area (Å²) in [4.78, 5) is 0. The SMILES string of the molecule is CCOc1ccccc1OCCCCNC[C@H]1CCCO1. The lowest BCUT2D eigenvalue weighted by Crippen LogP contribution is -2.27. The highest BCUT2D eigenvalue weighted by Gasteiger charge is 2.14. The van der Waals surface area contributed by atoms with E-state index in [9.17, 15) is 0 Å². The van der Waals surface area contributed by atoms with Crippen molar-refractivity contribution in [1.82, 2.24) is 5.32 Å². The maximum atomic E-state index is 5.79. The lowest BCUT2D eigenvalue weighted by molar-refractivity contribution is 0.110. The second-order valence-electron chi connectivity index (χ2n) is 5.27. The molecule has 1 saturated heterocycles. The summed E-state index contributed by atoms with van der Waals surface area (Å²) in [5.74, 6) is 1.67. The van der Waals surface area contributed by atoms with Crippen molar-refractivity contribution in [2.45, 2.75) is 38.7 Å². The molecule has 0 unspecified atom stereocenters. The van der Waals surface area contributed by atoms with Crippen molar-refractivity contribution in [3.8, 4) is 11.5 Å². The van der Waals surface area contributed by atoms with Crippen LogP contribution in [0.5, 0.6) is 11.5 Å². The minimum atomic E-state index is 0.430. The van der Waals surface area contributed by atoms with Crippen LogP contribution in [0.3, 0.4) is 0 Å². The van der Waals surface area contributed by atoms with Gasteiger partial charge in [-0.1, -0.05) is 12.1 Å². The molecule has 1 fully saturated rings. The Morgan fingerprint density at radius 3 is 2.71 bits per heavy atom. The topological polar surface area (TPSA) is 39.7 Å². The molecule has 1 heterocycles. The molecule has 1 atom stereocenters. The zero-order valence-electron chi connectivity index (χ0n) is 13.0. The molecule has 0 spiro atoms. The Kier molecular flexibility index (Phi) is 7.39. The number of benzene rings is 1. The van der Waals surface area contributed by atoms with Gasteiger partial charge in [-0.2, -0.15) is 0 Å². The molecule has 118 valence electrons. The first kappa shape index (κ1) is 16.1. The predicted octanol–water partition coefficient (Wildman–Crippen LogP) is 3.01. The zero-order valence-corrected chi connectivity index (χ0v) is 13.0. The lowest BCUT2D eigenvalue weighted by atomic mass is 10.2. The molecular weight excluding hydrogens is 266 g/mol. The van der Waals surface area contributed by atoms with Crippen molar-refractivity contribution in [3.63, 3.8) is 0 Å². The van der Waals surface area contributed by atoms with E-state index in [0.29, 0.717) is 12.7 Å². The molecule has 1 aromatic rings. The van der Waals surface area contributed by atoms with E-state index >= 15 is 0 Å². The van der Waals surface area contributed by atoms with Crippen LogP contribution < -0.4 is 14.8 Å². The number of nitrogens with one attached hydrogen (secondary N) is 1. The molecule has 4 nitrogen and oxygen atoms in total. The van der Waals surface area contributed by atoms with Gasteiger partial charge in [0.2, 0.25) is 0 Å². The highest BCUT2D eigenvalue weighted by Crippen LogP contribution is 2.26. The van der Waals surface area contributed by atoms with E-state index < -0.39 is 0 Å². The molecule has 0 radical (unpaired) electrons. The van der Waals surface area contributed by atoms with Crippen molar-refractivity contribution in [1.29, 1.82) is 0 Å². The van der Waals surface area contributed by atoms with E-state index in [2.05, 4.69) is 5.32 Å². The smallest absolute Gasteiger partial charge is 0.161 e. The monoisotopic (exact) mass is 293 g/mol. The van der Waals surface area contributed by atoms with Crippen LogP contribution in [0.4, 0.5) is 0 Å². The Balaban J connectivity index is 1.53. The van der Waals surface area contributed by atoms with E-state index in [1.807, 2.05) is 31.2 Å². The van der Waals surface area contributed by atoms with Crippen LogP contribution >= 0.6 is 0 Å². The van der Waals surface area contributed by atoms with Gasteiger partial charge in [0.15, 0.2) is 11.5 Å². The molecule has 0 aromatic heterocycles. The summed E-state index contributed by atoms with van der Waals surface area (Å²) in [7, 11) is 0. The van der Waals surface area contributed by atoms with Gasteiger partial charge in [0.1, 0.15) is 0 Å². The second-order valence-corrected chi connectivity index (χ2v) is 5.27. The Morgan fingerprint density at radius 2 is 2.00 bits per heavy atom. The largest absolute Gasteiger partial charge is 0.490 e. The van der Waals surface area contributed by atoms with E-state index in [-0.39, 0.29) is 0 Å². The molecule has 2 rings (SSSR count). The molecule has 0 aliphatic carbocycles. The van der Waals surface area contributed by atoms with Crippen molar-refractivity contribution < 1.29 is 14.2 Å². The highest BCUT2D eigenvalue weighted by atomic mass is 16.5. The fraction of sp³-hybridized carbons (Fsp3) is 0.647. The van der Waals surface area contributed by atoms with Crippen LogP contribution in [0.15, 0.2) is 24.3 Å². The molecular formula is C17H27NO3. The first-order valence-corrected chi connectivity index (χ1v) is 8.07. The summed E-state index contributed by atoms with van der Waals surface area (Å²) in [5.41, 5.74) is 0. The molecule has 1 aliphatic heterocycles. The van der Waals surface area contributed by atoms with Crippen molar-refractivity contribution in [3.05, 3.63) is 24.3 Å². The van der Waals surface area contributed by atoms with E-state index in [4.69, 9.17) is 14.2 Å². The molecule has 4 heteroatoms. The summed E-state index contributed by atoms with van der Waals surface area (Å²) in [6.07, 6.45) is 4.99. The van der Waals surface area contributed by atoms with Crippen molar-refractivity contribution in [2.75, 3.05) is 32.9 Å². The van der Waals surface area contributed by atoms with Gasteiger partial charge in [-0.25, -0.2) is 0 Å². The van der Waals surface area contributed by atoms with Gasteiger partial charge in [0, 0.05) is 13.2 Å². The van der Waals surface area contributed by atoms with Crippen LogP contribution in [-0.2, 0) is 4.74 Å². The van der Waals surface area contributed by atoms with Crippen LogP contribution in [0.2, 0.25) is 0 Å². The average Bonchev–Trinajstić information content (AvgIpc) is 3.01. The fourth-order valence-electron chi connectivity index (χ4n) is 2.45. The lowest BCUT2D eigenvalue weighted by Gasteiger charge is -2.12. The average molecular weight is 293 g/mol. The highest BCUT2D eigenvalue weighted by molar-refractivity contribution is 5.39. The van der Waals surface area contributed by atoms with Gasteiger partial charge in [0.05, 0.1) is 19.3 Å². The van der Waals surface area contributed by atoms with E-state index in [1.165, 1.54) is 12.8 Å². The fourth-order valence-corrected chi connectivity index (χ4v) is 2.45. The number of hydrogen-bond acceptors (Lipinski definition) is 4. The van der Waals surface area contributed by atoms with Crippen molar-refractivity contribution >= 4 is 0 Å². The number of para-hydroxylation sites is 2. The Labute approximate surface area is 127 Å². The van der Waals surface area contributed by atoms with Crippen molar-refractivity contribution in [2.24, 2.45) is 0 Å². The van der Waals surface area contributed by atoms with Gasteiger partial charge in [-0.15, -0.1) is 0 Å². The van der Waals surface area contributed by atoms with Gasteiger partial charge < -0.3 is 19.5 Å². The molecule has 0 amide bonds. The zero-order chi connectivity index (χ0) is 14.8. The number of unbranched alkanes of at least 4 members (excludes halogenated alkanes) is 1. The first-order chi connectivity index (χ1) is 10.4. The Bertz CT molecular complexity index is 391. The number of hydrogen-bond donors (Lipinski definition) is 1. The van der Waals surface area contributed by atoms with Gasteiger partial charge >= 0.3 is 0 Å². The number of rotatable bonds is 10. The summed E-state index contributed by atoms with van der Waals surface area (Å²) < 4.78 is 16.9. The van der Waals surface area contributed by atoms with Gasteiger partial charge in [0.25, 0.3) is 0 Å². The van der Waals surface area contributed by atoms with Crippen LogP contribution in [0.25, 0.3) is 0 Å². The molecule has 1 aromatic carbocycles. The first-order valence-electron chi connectivity index (χ1n) is 8.07. The Hall–Kier alpha value is -1.26. The summed E-state index contributed by atoms with van der Waals surface area (Å²) in [6, 6.07) is 7.84. The molecule has 0 bridgehead atoms. The third-order valence-electron chi connectivity index (χ3n) is 3.55. The third kappa shape index (κ3) is 5.94.